The smallest absolute Gasteiger partial charge is 0.359 e. The molecule has 3 aromatic rings. The fraction of sp³-hybridized carbons (Fsp3) is 0.292. The van der Waals surface area contributed by atoms with Crippen molar-refractivity contribution >= 4 is 33.8 Å². The van der Waals surface area contributed by atoms with Crippen LogP contribution >= 0.6 is 11.3 Å². The number of rotatable bonds is 5. The standard InChI is InChI=1S/C24H21F3N4OS/c1-14(29-20-12-21(24(25,26)27)31-19-5-3-2-4-18(19)20)15-6-8-17(9-7-15)30-23(32)22-16(13-28)10-11-33-22/h2-5,10-12,15,17H,1,6-9H2,(H,29,31)(H,30,32)/t15-,17+. The van der Waals surface area contributed by atoms with E-state index in [2.05, 4.69) is 22.2 Å². The summed E-state index contributed by atoms with van der Waals surface area (Å²) in [5, 5.41) is 17.5. The van der Waals surface area contributed by atoms with Gasteiger partial charge in [-0.05, 0) is 55.2 Å². The highest BCUT2D eigenvalue weighted by Gasteiger charge is 2.33. The molecule has 2 aromatic heterocycles. The SMILES string of the molecule is C=C(Nc1cc(C(F)(F)F)nc2ccccc12)[C@H]1CC[C@@H](NC(=O)c2sccc2C#N)CC1. The summed E-state index contributed by atoms with van der Waals surface area (Å²) in [5.74, 6) is -0.180. The molecule has 1 aliphatic carbocycles. The van der Waals surface area contributed by atoms with Gasteiger partial charge in [-0.25, -0.2) is 4.98 Å². The van der Waals surface area contributed by atoms with Gasteiger partial charge in [-0.15, -0.1) is 11.3 Å². The number of hydrogen-bond acceptors (Lipinski definition) is 5. The number of alkyl halides is 3. The number of nitrogens with zero attached hydrogens (tertiary/aromatic N) is 2. The lowest BCUT2D eigenvalue weighted by atomic mass is 9.84. The summed E-state index contributed by atoms with van der Waals surface area (Å²) in [6, 6.07) is 11.3. The molecule has 0 unspecified atom stereocenters. The molecule has 4 rings (SSSR count). The van der Waals surface area contributed by atoms with Crippen LogP contribution in [0.25, 0.3) is 10.9 Å². The van der Waals surface area contributed by atoms with Crippen molar-refractivity contribution in [1.82, 2.24) is 10.3 Å². The molecular formula is C24H21F3N4OS. The van der Waals surface area contributed by atoms with E-state index < -0.39 is 11.9 Å². The minimum absolute atomic E-state index is 0.0196. The van der Waals surface area contributed by atoms with Crippen LogP contribution < -0.4 is 10.6 Å². The molecule has 0 atom stereocenters. The van der Waals surface area contributed by atoms with Crippen molar-refractivity contribution in [3.05, 3.63) is 70.2 Å². The number of pyridine rings is 1. The lowest BCUT2D eigenvalue weighted by molar-refractivity contribution is -0.140. The van der Waals surface area contributed by atoms with Gasteiger partial charge < -0.3 is 10.6 Å². The second-order valence-electron chi connectivity index (χ2n) is 8.02. The number of benzene rings is 1. The second kappa shape index (κ2) is 9.24. The zero-order chi connectivity index (χ0) is 23.6. The van der Waals surface area contributed by atoms with Crippen LogP contribution in [-0.2, 0) is 6.18 Å². The third-order valence-electron chi connectivity index (χ3n) is 5.85. The maximum atomic E-state index is 13.3. The monoisotopic (exact) mass is 470 g/mol. The van der Waals surface area contributed by atoms with Crippen LogP contribution in [0.5, 0.6) is 0 Å². The molecule has 0 bridgehead atoms. The van der Waals surface area contributed by atoms with Crippen molar-refractivity contribution in [2.45, 2.75) is 37.9 Å². The van der Waals surface area contributed by atoms with E-state index in [1.54, 1.807) is 35.7 Å². The average Bonchev–Trinajstić information content (AvgIpc) is 3.28. The minimum Gasteiger partial charge on any atom is -0.359 e. The largest absolute Gasteiger partial charge is 0.433 e. The van der Waals surface area contributed by atoms with Gasteiger partial charge in [0, 0.05) is 22.8 Å². The third kappa shape index (κ3) is 5.01. The molecule has 1 aromatic carbocycles. The summed E-state index contributed by atoms with van der Waals surface area (Å²) in [7, 11) is 0. The van der Waals surface area contributed by atoms with Gasteiger partial charge in [0.15, 0.2) is 0 Å². The van der Waals surface area contributed by atoms with Crippen LogP contribution in [-0.4, -0.2) is 16.9 Å². The highest BCUT2D eigenvalue weighted by atomic mass is 32.1. The molecule has 9 heteroatoms. The Balaban J connectivity index is 1.41. The molecule has 170 valence electrons. The molecule has 0 aliphatic heterocycles. The topological polar surface area (TPSA) is 77.8 Å². The minimum atomic E-state index is -4.55. The van der Waals surface area contributed by atoms with E-state index in [1.807, 2.05) is 6.07 Å². The maximum absolute atomic E-state index is 13.3. The number of fused-ring (bicyclic) bond motifs is 1. The predicted molar refractivity (Wildman–Crippen MR) is 122 cm³/mol. The van der Waals surface area contributed by atoms with Gasteiger partial charge in [0.2, 0.25) is 0 Å². The van der Waals surface area contributed by atoms with Crippen molar-refractivity contribution in [2.75, 3.05) is 5.32 Å². The number of nitrogens with one attached hydrogen (secondary N) is 2. The van der Waals surface area contributed by atoms with E-state index in [4.69, 9.17) is 5.26 Å². The molecule has 0 saturated heterocycles. The number of anilines is 1. The molecule has 1 aliphatic rings. The van der Waals surface area contributed by atoms with E-state index in [1.165, 1.54) is 11.3 Å². The number of aromatic nitrogens is 1. The maximum Gasteiger partial charge on any atom is 0.433 e. The molecule has 0 spiro atoms. The summed E-state index contributed by atoms with van der Waals surface area (Å²) >= 11 is 1.24. The van der Waals surface area contributed by atoms with E-state index >= 15 is 0 Å². The average molecular weight is 471 g/mol. The highest BCUT2D eigenvalue weighted by Crippen LogP contribution is 2.35. The van der Waals surface area contributed by atoms with E-state index in [-0.39, 0.29) is 23.4 Å². The predicted octanol–water partition coefficient (Wildman–Crippen LogP) is 6.10. The highest BCUT2D eigenvalue weighted by molar-refractivity contribution is 7.12. The first-order chi connectivity index (χ1) is 15.8. The molecule has 2 N–H and O–H groups in total. The summed E-state index contributed by atoms with van der Waals surface area (Å²) in [6.45, 7) is 4.09. The van der Waals surface area contributed by atoms with E-state index in [9.17, 15) is 18.0 Å². The van der Waals surface area contributed by atoms with Crippen molar-refractivity contribution in [3.63, 3.8) is 0 Å². The Kier molecular flexibility index (Phi) is 6.38. The Hall–Kier alpha value is -3.38. The van der Waals surface area contributed by atoms with Crippen LogP contribution in [0.2, 0.25) is 0 Å². The summed E-state index contributed by atoms with van der Waals surface area (Å²) in [6.07, 6.45) is -1.64. The number of thiophene rings is 1. The van der Waals surface area contributed by atoms with Gasteiger partial charge in [-0.3, -0.25) is 4.79 Å². The Bertz CT molecular complexity index is 1240. The molecule has 2 heterocycles. The number of carbonyl (C=O) groups excluding carboxylic acids is 1. The quantitative estimate of drug-likeness (QED) is 0.472. The fourth-order valence-corrected chi connectivity index (χ4v) is 4.86. The van der Waals surface area contributed by atoms with Crippen molar-refractivity contribution in [3.8, 4) is 6.07 Å². The van der Waals surface area contributed by atoms with Crippen LogP contribution in [0.15, 0.2) is 54.1 Å². The van der Waals surface area contributed by atoms with Crippen LogP contribution in [0.3, 0.4) is 0 Å². The number of halogens is 3. The summed E-state index contributed by atoms with van der Waals surface area (Å²) in [5.41, 5.74) is 0.656. The van der Waals surface area contributed by atoms with Gasteiger partial charge in [0.05, 0.1) is 11.1 Å². The molecule has 0 radical (unpaired) electrons. The van der Waals surface area contributed by atoms with Gasteiger partial charge in [0.25, 0.3) is 5.91 Å². The van der Waals surface area contributed by atoms with Crippen molar-refractivity contribution in [2.24, 2.45) is 5.92 Å². The van der Waals surface area contributed by atoms with Crippen LogP contribution in [0.1, 0.15) is 46.6 Å². The fourth-order valence-electron chi connectivity index (χ4n) is 4.11. The molecule has 33 heavy (non-hydrogen) atoms. The van der Waals surface area contributed by atoms with Crippen LogP contribution in [0, 0.1) is 17.2 Å². The Morgan fingerprint density at radius 3 is 2.61 bits per heavy atom. The number of hydrogen-bond donors (Lipinski definition) is 2. The van der Waals surface area contributed by atoms with Crippen molar-refractivity contribution in [1.29, 1.82) is 5.26 Å². The van der Waals surface area contributed by atoms with E-state index in [0.717, 1.165) is 31.7 Å². The van der Waals surface area contributed by atoms with Gasteiger partial charge >= 0.3 is 6.18 Å². The molecular weight excluding hydrogens is 449 g/mol. The van der Waals surface area contributed by atoms with Crippen LogP contribution in [0.4, 0.5) is 18.9 Å². The Morgan fingerprint density at radius 1 is 1.18 bits per heavy atom. The lowest BCUT2D eigenvalue weighted by Crippen LogP contribution is -2.38. The Morgan fingerprint density at radius 2 is 1.91 bits per heavy atom. The number of allylic oxidation sites excluding steroid dienone is 1. The molecule has 5 nitrogen and oxygen atoms in total. The first-order valence-corrected chi connectivity index (χ1v) is 11.4. The number of amides is 1. The van der Waals surface area contributed by atoms with Crippen molar-refractivity contribution < 1.29 is 18.0 Å². The zero-order valence-electron chi connectivity index (χ0n) is 17.6. The van der Waals surface area contributed by atoms with E-state index in [0.29, 0.717) is 27.2 Å². The zero-order valence-corrected chi connectivity index (χ0v) is 18.4. The molecule has 1 fully saturated rings. The van der Waals surface area contributed by atoms with Gasteiger partial charge in [-0.1, -0.05) is 24.8 Å². The molecule has 1 saturated carbocycles. The summed E-state index contributed by atoms with van der Waals surface area (Å²) in [4.78, 5) is 16.6. The normalized spacial score (nSPS) is 18.5. The first kappa shape index (κ1) is 22.8. The Labute approximate surface area is 192 Å². The van der Waals surface area contributed by atoms with Gasteiger partial charge in [0.1, 0.15) is 16.6 Å². The number of carbonyl (C=O) groups is 1. The number of nitriles is 1. The first-order valence-electron chi connectivity index (χ1n) is 10.5. The second-order valence-corrected chi connectivity index (χ2v) is 8.93. The third-order valence-corrected chi connectivity index (χ3v) is 6.76. The van der Waals surface area contributed by atoms with Gasteiger partial charge in [-0.2, -0.15) is 18.4 Å². The lowest BCUT2D eigenvalue weighted by Gasteiger charge is -2.31. The number of para-hydroxylation sites is 1. The summed E-state index contributed by atoms with van der Waals surface area (Å²) < 4.78 is 40.0. The molecule has 1 amide bonds.